The third-order valence-electron chi connectivity index (χ3n) is 6.17. The van der Waals surface area contributed by atoms with Crippen LogP contribution >= 0.6 is 11.3 Å². The molecule has 3 nitrogen and oxygen atoms in total. The molecule has 4 fully saturated rings. The summed E-state index contributed by atoms with van der Waals surface area (Å²) in [6.07, 6.45) is 7.72. The molecule has 1 aromatic carbocycles. The van der Waals surface area contributed by atoms with Gasteiger partial charge in [-0.15, -0.1) is 11.3 Å². The molecule has 1 aromatic heterocycles. The molecule has 0 unspecified atom stereocenters. The van der Waals surface area contributed by atoms with Gasteiger partial charge >= 0.3 is 0 Å². The second kappa shape index (κ2) is 5.41. The Morgan fingerprint density at radius 2 is 1.67 bits per heavy atom. The summed E-state index contributed by atoms with van der Waals surface area (Å²) in [6.45, 7) is 0. The molecular weight excluding hydrogens is 316 g/mol. The quantitative estimate of drug-likeness (QED) is 0.895. The second-order valence-corrected chi connectivity index (χ2v) is 8.91. The van der Waals surface area contributed by atoms with Crippen LogP contribution in [0.3, 0.4) is 0 Å². The van der Waals surface area contributed by atoms with Crippen LogP contribution in [0.15, 0.2) is 35.7 Å². The van der Waals surface area contributed by atoms with Crippen molar-refractivity contribution < 1.29 is 4.79 Å². The van der Waals surface area contributed by atoms with E-state index in [0.29, 0.717) is 5.69 Å². The van der Waals surface area contributed by atoms with Crippen LogP contribution < -0.4 is 5.32 Å². The van der Waals surface area contributed by atoms with Crippen molar-refractivity contribution in [2.24, 2.45) is 17.8 Å². The van der Waals surface area contributed by atoms with E-state index in [1.165, 1.54) is 38.5 Å². The van der Waals surface area contributed by atoms with Crippen molar-refractivity contribution in [3.63, 3.8) is 0 Å². The van der Waals surface area contributed by atoms with E-state index in [9.17, 15) is 4.79 Å². The van der Waals surface area contributed by atoms with E-state index in [-0.39, 0.29) is 11.4 Å². The van der Waals surface area contributed by atoms with Crippen LogP contribution in [0, 0.1) is 17.8 Å². The second-order valence-electron chi connectivity index (χ2n) is 8.06. The zero-order valence-electron chi connectivity index (χ0n) is 13.7. The topological polar surface area (TPSA) is 42.0 Å². The highest BCUT2D eigenvalue weighted by molar-refractivity contribution is 7.13. The van der Waals surface area contributed by atoms with Crippen molar-refractivity contribution in [1.29, 1.82) is 0 Å². The van der Waals surface area contributed by atoms with E-state index in [2.05, 4.69) is 10.3 Å². The molecule has 6 rings (SSSR count). The van der Waals surface area contributed by atoms with E-state index >= 15 is 0 Å². The monoisotopic (exact) mass is 338 g/mol. The van der Waals surface area contributed by atoms with Crippen LogP contribution in [0.2, 0.25) is 0 Å². The standard InChI is InChI=1S/C20H22N2OS/c23-18(17-12-24-19(21-17)16-4-2-1-3-5-16)22-20-9-13-6-14(10-20)8-15(7-13)11-20/h1-5,12-15H,6-11H2,(H,22,23). The van der Waals surface area contributed by atoms with Crippen LogP contribution in [0.5, 0.6) is 0 Å². The lowest BCUT2D eigenvalue weighted by Crippen LogP contribution is -2.59. The molecule has 0 spiro atoms. The number of nitrogens with zero attached hydrogens (tertiary/aromatic N) is 1. The SMILES string of the molecule is O=C(NC12CC3CC(CC(C3)C1)C2)c1csc(-c2ccccc2)n1. The molecule has 4 aliphatic carbocycles. The number of rotatable bonds is 3. The van der Waals surface area contributed by atoms with Gasteiger partial charge in [-0.25, -0.2) is 4.98 Å². The Labute approximate surface area is 146 Å². The number of nitrogens with one attached hydrogen (secondary N) is 1. The Kier molecular flexibility index (Phi) is 3.30. The average molecular weight is 338 g/mol. The number of carbonyl (C=O) groups is 1. The summed E-state index contributed by atoms with van der Waals surface area (Å²) >= 11 is 1.55. The molecule has 1 N–H and O–H groups in total. The van der Waals surface area contributed by atoms with E-state index in [1.807, 2.05) is 35.7 Å². The molecule has 0 atom stereocenters. The zero-order chi connectivity index (χ0) is 16.1. The smallest absolute Gasteiger partial charge is 0.271 e. The van der Waals surface area contributed by atoms with Gasteiger partial charge < -0.3 is 5.32 Å². The van der Waals surface area contributed by atoms with Crippen LogP contribution in [0.1, 0.15) is 49.0 Å². The van der Waals surface area contributed by atoms with Gasteiger partial charge in [0.1, 0.15) is 10.7 Å². The highest BCUT2D eigenvalue weighted by Crippen LogP contribution is 2.55. The lowest BCUT2D eigenvalue weighted by Gasteiger charge is -2.56. The first-order valence-corrected chi connectivity index (χ1v) is 9.91. The number of aromatic nitrogens is 1. The molecule has 1 heterocycles. The fourth-order valence-electron chi connectivity index (χ4n) is 5.66. The summed E-state index contributed by atoms with van der Waals surface area (Å²) in [5, 5.41) is 6.23. The highest BCUT2D eigenvalue weighted by atomic mass is 32.1. The van der Waals surface area contributed by atoms with E-state index < -0.39 is 0 Å². The molecule has 4 heteroatoms. The molecule has 24 heavy (non-hydrogen) atoms. The third kappa shape index (κ3) is 2.48. The number of hydrogen-bond acceptors (Lipinski definition) is 3. The Balaban J connectivity index is 1.35. The van der Waals surface area contributed by atoms with E-state index in [0.717, 1.165) is 28.3 Å². The molecule has 2 aromatic rings. The lowest BCUT2D eigenvalue weighted by molar-refractivity contribution is -0.0167. The van der Waals surface area contributed by atoms with Crippen LogP contribution in [-0.2, 0) is 0 Å². The van der Waals surface area contributed by atoms with Gasteiger partial charge in [0.05, 0.1) is 0 Å². The summed E-state index contributed by atoms with van der Waals surface area (Å²) in [5.41, 5.74) is 1.72. The molecule has 124 valence electrons. The Morgan fingerprint density at radius 1 is 1.04 bits per heavy atom. The maximum Gasteiger partial charge on any atom is 0.271 e. The fraction of sp³-hybridized carbons (Fsp3) is 0.500. The van der Waals surface area contributed by atoms with Gasteiger partial charge in [-0.3, -0.25) is 4.79 Å². The molecule has 1 amide bonds. The summed E-state index contributed by atoms with van der Waals surface area (Å²) in [6, 6.07) is 10.1. The molecule has 4 aliphatic rings. The number of amides is 1. The van der Waals surface area contributed by atoms with Crippen molar-refractivity contribution >= 4 is 17.2 Å². The molecule has 4 bridgehead atoms. The summed E-state index contributed by atoms with van der Waals surface area (Å²) in [4.78, 5) is 17.4. The minimum absolute atomic E-state index is 0.0235. The van der Waals surface area contributed by atoms with Gasteiger partial charge in [0.25, 0.3) is 5.91 Å². The maximum atomic E-state index is 12.8. The number of carbonyl (C=O) groups excluding carboxylic acids is 1. The van der Waals surface area contributed by atoms with Crippen molar-refractivity contribution in [3.8, 4) is 10.6 Å². The van der Waals surface area contributed by atoms with Gasteiger partial charge in [-0.2, -0.15) is 0 Å². The minimum Gasteiger partial charge on any atom is -0.345 e. The van der Waals surface area contributed by atoms with Gasteiger partial charge in [0, 0.05) is 16.5 Å². The first kappa shape index (κ1) is 14.6. The normalized spacial score (nSPS) is 33.6. The number of thiazole rings is 1. The largest absolute Gasteiger partial charge is 0.345 e. The first-order valence-electron chi connectivity index (χ1n) is 9.03. The summed E-state index contributed by atoms with van der Waals surface area (Å²) < 4.78 is 0. The van der Waals surface area contributed by atoms with Gasteiger partial charge in [-0.1, -0.05) is 30.3 Å². The predicted molar refractivity (Wildman–Crippen MR) is 95.9 cm³/mol. The van der Waals surface area contributed by atoms with Crippen molar-refractivity contribution in [1.82, 2.24) is 10.3 Å². The van der Waals surface area contributed by atoms with Crippen molar-refractivity contribution in [2.75, 3.05) is 0 Å². The zero-order valence-corrected chi connectivity index (χ0v) is 14.5. The van der Waals surface area contributed by atoms with Gasteiger partial charge in [0.15, 0.2) is 0 Å². The predicted octanol–water partition coefficient (Wildman–Crippen LogP) is 4.51. The molecule has 0 saturated heterocycles. The minimum atomic E-state index is 0.0235. The maximum absolute atomic E-state index is 12.8. The highest BCUT2D eigenvalue weighted by Gasteiger charge is 2.51. The lowest BCUT2D eigenvalue weighted by atomic mass is 9.53. The van der Waals surface area contributed by atoms with Gasteiger partial charge in [0.2, 0.25) is 0 Å². The van der Waals surface area contributed by atoms with Crippen molar-refractivity contribution in [3.05, 3.63) is 41.4 Å². The Hall–Kier alpha value is -1.68. The average Bonchev–Trinajstić information content (AvgIpc) is 3.04. The number of hydrogen-bond donors (Lipinski definition) is 1. The molecule has 0 radical (unpaired) electrons. The van der Waals surface area contributed by atoms with Crippen LogP contribution in [-0.4, -0.2) is 16.4 Å². The van der Waals surface area contributed by atoms with Crippen molar-refractivity contribution in [2.45, 2.75) is 44.1 Å². The summed E-state index contributed by atoms with van der Waals surface area (Å²) in [5.74, 6) is 2.54. The van der Waals surface area contributed by atoms with Crippen LogP contribution in [0.4, 0.5) is 0 Å². The Bertz CT molecular complexity index is 732. The third-order valence-corrected chi connectivity index (χ3v) is 7.07. The fourth-order valence-corrected chi connectivity index (χ4v) is 6.47. The molecule has 0 aliphatic heterocycles. The van der Waals surface area contributed by atoms with E-state index in [4.69, 9.17) is 0 Å². The van der Waals surface area contributed by atoms with Gasteiger partial charge in [-0.05, 0) is 56.3 Å². The van der Waals surface area contributed by atoms with E-state index in [1.54, 1.807) is 11.3 Å². The Morgan fingerprint density at radius 3 is 2.29 bits per heavy atom. The summed E-state index contributed by atoms with van der Waals surface area (Å²) in [7, 11) is 0. The first-order chi connectivity index (χ1) is 11.7. The molecule has 4 saturated carbocycles. The number of benzene rings is 1. The van der Waals surface area contributed by atoms with Crippen LogP contribution in [0.25, 0.3) is 10.6 Å². The molecular formula is C20H22N2OS.